The highest BCUT2D eigenvalue weighted by Crippen LogP contribution is 2.37. The molecule has 0 saturated carbocycles. The smallest absolute Gasteiger partial charge is 0.213 e. The Kier molecular flexibility index (Phi) is 6.97. The molecule has 3 aromatic carbocycles. The number of hydrogen-bond donors (Lipinski definition) is 0. The summed E-state index contributed by atoms with van der Waals surface area (Å²) in [6, 6.07) is 30.8. The van der Waals surface area contributed by atoms with Crippen LogP contribution in [0.2, 0.25) is 0 Å². The molecule has 0 spiro atoms. The summed E-state index contributed by atoms with van der Waals surface area (Å²) in [5, 5.41) is 1.15. The maximum atomic E-state index is 5.94. The van der Waals surface area contributed by atoms with Gasteiger partial charge in [0.2, 0.25) is 5.88 Å². The van der Waals surface area contributed by atoms with Crippen LogP contribution < -0.4 is 4.74 Å². The lowest BCUT2D eigenvalue weighted by Gasteiger charge is -2.40. The third-order valence-corrected chi connectivity index (χ3v) is 7.83. The topological polar surface area (TPSA) is 28.6 Å². The predicted octanol–water partition coefficient (Wildman–Crippen LogP) is 5.90. The Labute approximate surface area is 214 Å². The van der Waals surface area contributed by atoms with Crippen molar-refractivity contribution < 1.29 is 4.74 Å². The Morgan fingerprint density at radius 2 is 1.36 bits per heavy atom. The van der Waals surface area contributed by atoms with E-state index < -0.39 is 0 Å². The number of fused-ring (bicyclic) bond motifs is 3. The van der Waals surface area contributed by atoms with Crippen LogP contribution in [0, 0.1) is 0 Å². The molecule has 0 radical (unpaired) electrons. The van der Waals surface area contributed by atoms with Gasteiger partial charge >= 0.3 is 0 Å². The number of benzene rings is 3. The van der Waals surface area contributed by atoms with Gasteiger partial charge < -0.3 is 9.64 Å². The lowest BCUT2D eigenvalue weighted by atomic mass is 9.92. The molecule has 0 amide bonds. The minimum Gasteiger partial charge on any atom is -0.478 e. The van der Waals surface area contributed by atoms with E-state index in [4.69, 9.17) is 4.74 Å². The van der Waals surface area contributed by atoms with Gasteiger partial charge in [0, 0.05) is 37.6 Å². The number of aryl methyl sites for hydroxylation is 2. The number of pyridine rings is 1. The van der Waals surface area contributed by atoms with Gasteiger partial charge in [-0.1, -0.05) is 66.7 Å². The molecule has 4 nitrogen and oxygen atoms in total. The number of piperazine rings is 1. The summed E-state index contributed by atoms with van der Waals surface area (Å²) in [6.45, 7) is 6.36. The molecule has 1 aliphatic carbocycles. The fraction of sp³-hybridized carbons (Fsp3) is 0.344. The lowest BCUT2D eigenvalue weighted by molar-refractivity contribution is 0.107. The lowest BCUT2D eigenvalue weighted by Crippen LogP contribution is -2.48. The molecule has 0 N–H and O–H groups in total. The van der Waals surface area contributed by atoms with Crippen molar-refractivity contribution >= 4 is 10.9 Å². The Balaban J connectivity index is 1.01. The van der Waals surface area contributed by atoms with Crippen LogP contribution in [-0.4, -0.2) is 54.1 Å². The van der Waals surface area contributed by atoms with Gasteiger partial charge in [0.1, 0.15) is 0 Å². The number of ether oxygens (including phenoxy) is 1. The summed E-state index contributed by atoms with van der Waals surface area (Å²) in [6.07, 6.45) is 4.49. The van der Waals surface area contributed by atoms with Crippen LogP contribution in [0.1, 0.15) is 41.1 Å². The molecule has 0 bridgehead atoms. The van der Waals surface area contributed by atoms with Gasteiger partial charge in [-0.25, -0.2) is 4.98 Å². The second-order valence-corrected chi connectivity index (χ2v) is 10.1. The molecule has 0 unspecified atom stereocenters. The molecule has 1 saturated heterocycles. The van der Waals surface area contributed by atoms with E-state index in [1.165, 1.54) is 22.3 Å². The van der Waals surface area contributed by atoms with Crippen molar-refractivity contribution in [2.75, 3.05) is 39.3 Å². The molecule has 6 rings (SSSR count). The number of rotatable bonds is 7. The van der Waals surface area contributed by atoms with Gasteiger partial charge in [-0.15, -0.1) is 0 Å². The van der Waals surface area contributed by atoms with E-state index in [2.05, 4.69) is 75.4 Å². The monoisotopic (exact) mass is 477 g/mol. The first-order chi connectivity index (χ1) is 17.8. The summed E-state index contributed by atoms with van der Waals surface area (Å²) in [5.74, 6) is 0.728. The van der Waals surface area contributed by atoms with Crippen LogP contribution >= 0.6 is 0 Å². The molecular formula is C32H35N3O. The van der Waals surface area contributed by atoms with E-state index in [0.717, 1.165) is 81.8 Å². The quantitative estimate of drug-likeness (QED) is 0.310. The number of unbranched alkanes of at least 4 members (excludes halogenated alkanes) is 1. The Morgan fingerprint density at radius 3 is 2.11 bits per heavy atom. The van der Waals surface area contributed by atoms with E-state index in [1.54, 1.807) is 0 Å². The van der Waals surface area contributed by atoms with Crippen molar-refractivity contribution in [3.63, 3.8) is 0 Å². The molecule has 1 aliphatic heterocycles. The minimum atomic E-state index is 0.380. The SMILES string of the molecule is c1ccc2c(c1)CCc1ccccc1C2N1CCN(CCCCOc2ccc3ccccc3n2)CC1. The number of hydrogen-bond acceptors (Lipinski definition) is 4. The first-order valence-electron chi connectivity index (χ1n) is 13.5. The first-order valence-corrected chi connectivity index (χ1v) is 13.5. The Hall–Kier alpha value is -3.21. The zero-order valence-electron chi connectivity index (χ0n) is 21.0. The summed E-state index contributed by atoms with van der Waals surface area (Å²) in [4.78, 5) is 9.96. The van der Waals surface area contributed by atoms with Gasteiger partial charge in [0.25, 0.3) is 0 Å². The molecule has 36 heavy (non-hydrogen) atoms. The van der Waals surface area contributed by atoms with Crippen molar-refractivity contribution in [3.8, 4) is 5.88 Å². The molecule has 184 valence electrons. The van der Waals surface area contributed by atoms with Crippen LogP contribution in [0.3, 0.4) is 0 Å². The zero-order valence-corrected chi connectivity index (χ0v) is 21.0. The van der Waals surface area contributed by atoms with E-state index >= 15 is 0 Å². The van der Waals surface area contributed by atoms with Crippen LogP contribution in [0.15, 0.2) is 84.9 Å². The molecule has 4 heteroatoms. The van der Waals surface area contributed by atoms with Crippen molar-refractivity contribution in [3.05, 3.63) is 107 Å². The first kappa shape index (κ1) is 23.2. The normalized spacial score (nSPS) is 16.9. The molecule has 0 atom stereocenters. The van der Waals surface area contributed by atoms with Gasteiger partial charge in [0.15, 0.2) is 0 Å². The standard InChI is InChI=1S/C32H35N3O/c1-4-12-28-25(9-1)15-16-26-10-2-5-13-29(26)32(28)35-22-20-34(21-23-35)19-7-8-24-36-31-18-17-27-11-3-6-14-30(27)33-31/h1-6,9-14,17-18,32H,7-8,15-16,19-24H2. The van der Waals surface area contributed by atoms with Gasteiger partial charge in [0.05, 0.1) is 18.2 Å². The highest BCUT2D eigenvalue weighted by Gasteiger charge is 2.30. The average Bonchev–Trinajstić information content (AvgIpc) is 3.10. The summed E-state index contributed by atoms with van der Waals surface area (Å²) < 4.78 is 5.94. The number of para-hydroxylation sites is 1. The summed E-state index contributed by atoms with van der Waals surface area (Å²) in [5.41, 5.74) is 7.04. The minimum absolute atomic E-state index is 0.380. The van der Waals surface area contributed by atoms with Crippen LogP contribution in [-0.2, 0) is 12.8 Å². The van der Waals surface area contributed by atoms with Crippen molar-refractivity contribution in [1.82, 2.24) is 14.8 Å². The largest absolute Gasteiger partial charge is 0.478 e. The zero-order chi connectivity index (χ0) is 24.2. The van der Waals surface area contributed by atoms with Gasteiger partial charge in [-0.2, -0.15) is 0 Å². The molecule has 2 heterocycles. The van der Waals surface area contributed by atoms with Crippen LogP contribution in [0.4, 0.5) is 0 Å². The summed E-state index contributed by atoms with van der Waals surface area (Å²) >= 11 is 0. The maximum absolute atomic E-state index is 5.94. The maximum Gasteiger partial charge on any atom is 0.213 e. The molecule has 1 fully saturated rings. The highest BCUT2D eigenvalue weighted by atomic mass is 16.5. The van der Waals surface area contributed by atoms with E-state index in [0.29, 0.717) is 6.04 Å². The van der Waals surface area contributed by atoms with Crippen molar-refractivity contribution in [2.24, 2.45) is 0 Å². The average molecular weight is 478 g/mol. The van der Waals surface area contributed by atoms with Gasteiger partial charge in [-0.3, -0.25) is 4.90 Å². The van der Waals surface area contributed by atoms with E-state index in [-0.39, 0.29) is 0 Å². The molecule has 1 aromatic heterocycles. The van der Waals surface area contributed by atoms with E-state index in [9.17, 15) is 0 Å². The summed E-state index contributed by atoms with van der Waals surface area (Å²) in [7, 11) is 0. The highest BCUT2D eigenvalue weighted by molar-refractivity contribution is 5.78. The predicted molar refractivity (Wildman–Crippen MR) is 147 cm³/mol. The third kappa shape index (κ3) is 5.02. The Bertz CT molecular complexity index is 1260. The van der Waals surface area contributed by atoms with Gasteiger partial charge in [-0.05, 0) is 66.6 Å². The second kappa shape index (κ2) is 10.8. The fourth-order valence-electron chi connectivity index (χ4n) is 5.87. The Morgan fingerprint density at radius 1 is 0.694 bits per heavy atom. The second-order valence-electron chi connectivity index (χ2n) is 10.1. The van der Waals surface area contributed by atoms with Crippen LogP contribution in [0.5, 0.6) is 5.88 Å². The fourth-order valence-corrected chi connectivity index (χ4v) is 5.87. The third-order valence-electron chi connectivity index (χ3n) is 7.83. The molecular weight excluding hydrogens is 442 g/mol. The van der Waals surface area contributed by atoms with Crippen molar-refractivity contribution in [2.45, 2.75) is 31.7 Å². The van der Waals surface area contributed by atoms with Crippen LogP contribution in [0.25, 0.3) is 10.9 Å². The molecule has 2 aliphatic rings. The number of nitrogens with zero attached hydrogens (tertiary/aromatic N) is 3. The van der Waals surface area contributed by atoms with E-state index in [1.807, 2.05) is 24.3 Å². The molecule has 4 aromatic rings. The van der Waals surface area contributed by atoms with Crippen molar-refractivity contribution in [1.29, 1.82) is 0 Å². The number of aromatic nitrogens is 1.